The Bertz CT molecular complexity index is 966. The number of nitrogens with zero attached hydrogens (tertiary/aromatic N) is 1. The number of ether oxygens (including phenoxy) is 5. The van der Waals surface area contributed by atoms with Gasteiger partial charge < -0.3 is 28.6 Å². The summed E-state index contributed by atoms with van der Waals surface area (Å²) < 4.78 is 29.7. The minimum Gasteiger partial charge on any atom is -0.445 e. The van der Waals surface area contributed by atoms with E-state index in [0.717, 1.165) is 11.1 Å². The van der Waals surface area contributed by atoms with E-state index in [1.165, 1.54) is 0 Å². The van der Waals surface area contributed by atoms with Crippen molar-refractivity contribution in [3.05, 3.63) is 84.4 Å². The molecule has 0 saturated carbocycles. The number of benzene rings is 2. The number of carbonyl (C=O) groups is 1. The van der Waals surface area contributed by atoms with Gasteiger partial charge in [0.25, 0.3) is 0 Å². The molecule has 0 aromatic heterocycles. The molecule has 35 heavy (non-hydrogen) atoms. The summed E-state index contributed by atoms with van der Waals surface area (Å²) in [5.74, 6) is -0.722. The van der Waals surface area contributed by atoms with E-state index >= 15 is 0 Å². The van der Waals surface area contributed by atoms with E-state index in [1.807, 2.05) is 80.6 Å². The van der Waals surface area contributed by atoms with Crippen LogP contribution in [0.1, 0.15) is 37.8 Å². The van der Waals surface area contributed by atoms with Crippen molar-refractivity contribution in [1.82, 2.24) is 4.90 Å². The number of methoxy groups -OCH3 is 1. The quantitative estimate of drug-likeness (QED) is 0.443. The molecule has 2 aromatic carbocycles. The van der Waals surface area contributed by atoms with Crippen LogP contribution in [0.15, 0.2) is 73.3 Å². The van der Waals surface area contributed by atoms with E-state index in [0.29, 0.717) is 19.4 Å². The standard InChI is InChI=1S/C28H35NO6/c1-5-12-22(17-23-24-25(26(31-4)33-23)35-28(2,3)34-24)29(18-20-13-8-6-9-14-20)27(30)32-19-21-15-10-7-11-16-21/h5-11,13-16,22-26H,1,12,17-19H2,2-4H3/t22-,23+,24?,25?,26+/m0/s1. The predicted octanol–water partition coefficient (Wildman–Crippen LogP) is 5.05. The molecule has 7 nitrogen and oxygen atoms in total. The first-order chi connectivity index (χ1) is 16.9. The fourth-order valence-electron chi connectivity index (χ4n) is 4.76. The van der Waals surface area contributed by atoms with E-state index in [4.69, 9.17) is 23.7 Å². The molecule has 5 atom stereocenters. The van der Waals surface area contributed by atoms with Gasteiger partial charge in [-0.2, -0.15) is 0 Å². The zero-order chi connectivity index (χ0) is 24.8. The van der Waals surface area contributed by atoms with Crippen molar-refractivity contribution in [3.63, 3.8) is 0 Å². The molecule has 7 heteroatoms. The van der Waals surface area contributed by atoms with Crippen molar-refractivity contribution in [3.8, 4) is 0 Å². The smallest absolute Gasteiger partial charge is 0.410 e. The van der Waals surface area contributed by atoms with Gasteiger partial charge in [-0.25, -0.2) is 4.79 Å². The lowest BCUT2D eigenvalue weighted by Gasteiger charge is -2.33. The first-order valence-corrected chi connectivity index (χ1v) is 12.1. The number of carbonyl (C=O) groups excluding carboxylic acids is 1. The van der Waals surface area contributed by atoms with Gasteiger partial charge in [0.05, 0.1) is 6.10 Å². The molecule has 188 valence electrons. The molecule has 1 amide bonds. The summed E-state index contributed by atoms with van der Waals surface area (Å²) >= 11 is 0. The van der Waals surface area contributed by atoms with Gasteiger partial charge in [-0.3, -0.25) is 0 Å². The number of hydrogen-bond donors (Lipinski definition) is 0. The lowest BCUT2D eigenvalue weighted by Crippen LogP contribution is -2.43. The van der Waals surface area contributed by atoms with Crippen molar-refractivity contribution in [2.45, 2.75) is 76.3 Å². The van der Waals surface area contributed by atoms with Crippen LogP contribution in [0, 0.1) is 0 Å². The molecule has 0 N–H and O–H groups in total. The minimum absolute atomic E-state index is 0.202. The molecule has 2 unspecified atom stereocenters. The monoisotopic (exact) mass is 481 g/mol. The molecule has 2 heterocycles. The summed E-state index contributed by atoms with van der Waals surface area (Å²) in [5.41, 5.74) is 1.95. The Labute approximate surface area is 207 Å². The molecule has 0 spiro atoms. The highest BCUT2D eigenvalue weighted by molar-refractivity contribution is 5.68. The second-order valence-electron chi connectivity index (χ2n) is 9.41. The Morgan fingerprint density at radius 3 is 2.31 bits per heavy atom. The van der Waals surface area contributed by atoms with Crippen LogP contribution < -0.4 is 0 Å². The molecule has 2 fully saturated rings. The Morgan fingerprint density at radius 1 is 1.06 bits per heavy atom. The van der Waals surface area contributed by atoms with Crippen molar-refractivity contribution in [2.75, 3.05) is 7.11 Å². The van der Waals surface area contributed by atoms with Crippen LogP contribution in [0.5, 0.6) is 0 Å². The van der Waals surface area contributed by atoms with Crippen molar-refractivity contribution in [1.29, 1.82) is 0 Å². The molecular weight excluding hydrogens is 446 g/mol. The highest BCUT2D eigenvalue weighted by atomic mass is 16.8. The molecule has 0 radical (unpaired) electrons. The van der Waals surface area contributed by atoms with Gasteiger partial charge in [0.15, 0.2) is 12.1 Å². The van der Waals surface area contributed by atoms with Crippen LogP contribution in [0.3, 0.4) is 0 Å². The molecule has 2 aliphatic heterocycles. The summed E-state index contributed by atoms with van der Waals surface area (Å²) in [4.78, 5) is 15.2. The zero-order valence-electron chi connectivity index (χ0n) is 20.7. The van der Waals surface area contributed by atoms with Crippen molar-refractivity contribution >= 4 is 6.09 Å². The minimum atomic E-state index is -0.722. The maximum Gasteiger partial charge on any atom is 0.410 e. The number of rotatable bonds is 10. The summed E-state index contributed by atoms with van der Waals surface area (Å²) in [6, 6.07) is 19.3. The predicted molar refractivity (Wildman–Crippen MR) is 131 cm³/mol. The van der Waals surface area contributed by atoms with Crippen LogP contribution in [-0.4, -0.2) is 54.5 Å². The number of amides is 1. The lowest BCUT2D eigenvalue weighted by molar-refractivity contribution is -0.228. The van der Waals surface area contributed by atoms with E-state index in [-0.39, 0.29) is 37.1 Å². The van der Waals surface area contributed by atoms with Crippen LogP contribution in [0.2, 0.25) is 0 Å². The lowest BCUT2D eigenvalue weighted by atomic mass is 9.99. The second kappa shape index (κ2) is 11.4. The first kappa shape index (κ1) is 25.4. The van der Waals surface area contributed by atoms with Gasteiger partial charge in [-0.1, -0.05) is 66.7 Å². The highest BCUT2D eigenvalue weighted by Crippen LogP contribution is 2.41. The van der Waals surface area contributed by atoms with E-state index in [1.54, 1.807) is 12.0 Å². The summed E-state index contributed by atoms with van der Waals surface area (Å²) in [7, 11) is 1.60. The zero-order valence-corrected chi connectivity index (χ0v) is 20.7. The Hall–Kier alpha value is -2.71. The maximum atomic E-state index is 13.4. The average molecular weight is 482 g/mol. The van der Waals surface area contributed by atoms with Gasteiger partial charge in [-0.05, 0) is 37.8 Å². The van der Waals surface area contributed by atoms with Crippen LogP contribution in [-0.2, 0) is 36.8 Å². The SMILES string of the molecule is C=CC[C@@H](C[C@H]1O[C@@H](OC)C2OC(C)(C)OC21)N(Cc1ccccc1)C(=O)OCc1ccccc1. The van der Waals surface area contributed by atoms with E-state index in [2.05, 4.69) is 6.58 Å². The Balaban J connectivity index is 1.53. The van der Waals surface area contributed by atoms with Crippen LogP contribution >= 0.6 is 0 Å². The molecular formula is C28H35NO6. The van der Waals surface area contributed by atoms with Gasteiger partial charge in [-0.15, -0.1) is 6.58 Å². The molecule has 4 rings (SSSR count). The third-order valence-electron chi connectivity index (χ3n) is 6.36. The molecule has 2 aliphatic rings. The normalized spacial score (nSPS) is 25.6. The van der Waals surface area contributed by atoms with Crippen LogP contribution in [0.4, 0.5) is 4.79 Å². The Morgan fingerprint density at radius 2 is 1.69 bits per heavy atom. The molecule has 2 saturated heterocycles. The van der Waals surface area contributed by atoms with Gasteiger partial charge in [0, 0.05) is 19.7 Å². The van der Waals surface area contributed by atoms with Crippen molar-refractivity contribution < 1.29 is 28.5 Å². The molecule has 0 aliphatic carbocycles. The van der Waals surface area contributed by atoms with E-state index in [9.17, 15) is 4.79 Å². The third kappa shape index (κ3) is 6.30. The first-order valence-electron chi connectivity index (χ1n) is 12.1. The largest absolute Gasteiger partial charge is 0.445 e. The summed E-state index contributed by atoms with van der Waals surface area (Å²) in [6.07, 6.45) is 1.10. The maximum absolute atomic E-state index is 13.4. The third-order valence-corrected chi connectivity index (χ3v) is 6.36. The van der Waals surface area contributed by atoms with Gasteiger partial charge in [0.2, 0.25) is 0 Å². The van der Waals surface area contributed by atoms with Crippen LogP contribution in [0.25, 0.3) is 0 Å². The highest BCUT2D eigenvalue weighted by Gasteiger charge is 2.56. The average Bonchev–Trinajstić information content (AvgIpc) is 3.34. The number of hydrogen-bond acceptors (Lipinski definition) is 6. The number of fused-ring (bicyclic) bond motifs is 1. The fraction of sp³-hybridized carbons (Fsp3) is 0.464. The van der Waals surface area contributed by atoms with Gasteiger partial charge >= 0.3 is 6.09 Å². The van der Waals surface area contributed by atoms with Crippen molar-refractivity contribution in [2.24, 2.45) is 0 Å². The topological polar surface area (TPSA) is 66.5 Å². The summed E-state index contributed by atoms with van der Waals surface area (Å²) in [6.45, 7) is 8.32. The summed E-state index contributed by atoms with van der Waals surface area (Å²) in [5, 5.41) is 0. The fourth-order valence-corrected chi connectivity index (χ4v) is 4.76. The molecule has 2 aromatic rings. The Kier molecular flexibility index (Phi) is 8.23. The van der Waals surface area contributed by atoms with Gasteiger partial charge in [0.1, 0.15) is 18.8 Å². The molecule has 0 bridgehead atoms. The second-order valence-corrected chi connectivity index (χ2v) is 9.41. The van der Waals surface area contributed by atoms with E-state index < -0.39 is 12.1 Å².